The SMILES string of the molecule is O=C(C1Cc2ccccc2CN1S(=O)(=O)c1ccccc1)N1CCN(c2cccc(Cl)c2)CC1. The molecule has 0 radical (unpaired) electrons. The van der Waals surface area contributed by atoms with E-state index in [1.54, 1.807) is 35.2 Å². The molecule has 176 valence electrons. The number of sulfonamides is 1. The van der Waals surface area contributed by atoms with Gasteiger partial charge in [-0.05, 0) is 47.9 Å². The summed E-state index contributed by atoms with van der Waals surface area (Å²) < 4.78 is 28.6. The van der Waals surface area contributed by atoms with Crippen LogP contribution < -0.4 is 4.90 Å². The third kappa shape index (κ3) is 4.43. The standard InChI is InChI=1S/C26H26ClN3O3S/c27-22-9-6-10-23(18-22)28-13-15-29(16-14-28)26(31)25-17-20-7-4-5-8-21(20)19-30(25)34(32,33)24-11-2-1-3-12-24/h1-12,18,25H,13-17,19H2. The molecule has 0 saturated carbocycles. The first kappa shape index (κ1) is 22.9. The molecule has 1 fully saturated rings. The Labute approximate surface area is 205 Å². The summed E-state index contributed by atoms with van der Waals surface area (Å²) >= 11 is 6.14. The first-order valence-corrected chi connectivity index (χ1v) is 13.2. The fraction of sp³-hybridized carbons (Fsp3) is 0.269. The van der Waals surface area contributed by atoms with E-state index >= 15 is 0 Å². The number of carbonyl (C=O) groups is 1. The molecule has 0 N–H and O–H groups in total. The molecule has 0 aromatic heterocycles. The fourth-order valence-corrected chi connectivity index (χ4v) is 6.52. The Bertz CT molecular complexity index is 1290. The molecule has 0 spiro atoms. The van der Waals surface area contributed by atoms with Gasteiger partial charge in [-0.3, -0.25) is 4.79 Å². The Kier molecular flexibility index (Phi) is 6.34. The molecule has 8 heteroatoms. The molecule has 1 unspecified atom stereocenters. The Morgan fingerprint density at radius 1 is 0.824 bits per heavy atom. The lowest BCUT2D eigenvalue weighted by Crippen LogP contribution is -2.57. The number of halogens is 1. The van der Waals surface area contributed by atoms with E-state index in [0.717, 1.165) is 16.8 Å². The summed E-state index contributed by atoms with van der Waals surface area (Å²) in [5.74, 6) is -0.139. The van der Waals surface area contributed by atoms with Gasteiger partial charge in [0.15, 0.2) is 0 Å². The fourth-order valence-electron chi connectivity index (χ4n) is 4.76. The number of hydrogen-bond acceptors (Lipinski definition) is 4. The second kappa shape index (κ2) is 9.41. The van der Waals surface area contributed by atoms with Crippen molar-refractivity contribution in [1.29, 1.82) is 0 Å². The van der Waals surface area contributed by atoms with E-state index < -0.39 is 16.1 Å². The number of hydrogen-bond donors (Lipinski definition) is 0. The van der Waals surface area contributed by atoms with Gasteiger partial charge in [0, 0.05) is 43.4 Å². The Morgan fingerprint density at radius 2 is 1.50 bits per heavy atom. The van der Waals surface area contributed by atoms with E-state index in [4.69, 9.17) is 11.6 Å². The first-order valence-electron chi connectivity index (χ1n) is 11.4. The smallest absolute Gasteiger partial charge is 0.244 e. The highest BCUT2D eigenvalue weighted by Crippen LogP contribution is 2.30. The lowest BCUT2D eigenvalue weighted by atomic mass is 9.95. The lowest BCUT2D eigenvalue weighted by molar-refractivity contribution is -0.136. The zero-order valence-electron chi connectivity index (χ0n) is 18.7. The molecule has 34 heavy (non-hydrogen) atoms. The zero-order chi connectivity index (χ0) is 23.7. The van der Waals surface area contributed by atoms with Crippen LogP contribution in [0, 0.1) is 0 Å². The summed E-state index contributed by atoms with van der Waals surface area (Å²) in [5.41, 5.74) is 2.99. The number of benzene rings is 3. The summed E-state index contributed by atoms with van der Waals surface area (Å²) in [6.07, 6.45) is 0.371. The van der Waals surface area contributed by atoms with Gasteiger partial charge >= 0.3 is 0 Å². The summed E-state index contributed by atoms with van der Waals surface area (Å²) in [5, 5.41) is 0.679. The zero-order valence-corrected chi connectivity index (χ0v) is 20.3. The molecule has 1 saturated heterocycles. The lowest BCUT2D eigenvalue weighted by Gasteiger charge is -2.41. The number of amides is 1. The van der Waals surface area contributed by atoms with Crippen molar-refractivity contribution in [3.63, 3.8) is 0 Å². The number of rotatable bonds is 4. The van der Waals surface area contributed by atoms with E-state index in [1.807, 2.05) is 48.5 Å². The Morgan fingerprint density at radius 3 is 2.21 bits per heavy atom. The van der Waals surface area contributed by atoms with Crippen molar-refractivity contribution < 1.29 is 13.2 Å². The van der Waals surface area contributed by atoms with E-state index in [0.29, 0.717) is 37.6 Å². The molecule has 5 rings (SSSR count). The van der Waals surface area contributed by atoms with Crippen LogP contribution in [0.4, 0.5) is 5.69 Å². The average molecular weight is 496 g/mol. The molecule has 0 bridgehead atoms. The predicted molar refractivity (Wildman–Crippen MR) is 133 cm³/mol. The number of carbonyl (C=O) groups excluding carboxylic acids is 1. The van der Waals surface area contributed by atoms with Crippen molar-refractivity contribution >= 4 is 33.2 Å². The first-order chi connectivity index (χ1) is 16.4. The molecule has 1 amide bonds. The number of anilines is 1. The Balaban J connectivity index is 1.39. The molecule has 1 atom stereocenters. The van der Waals surface area contributed by atoms with E-state index in [-0.39, 0.29) is 17.3 Å². The topological polar surface area (TPSA) is 60.9 Å². The van der Waals surface area contributed by atoms with Gasteiger partial charge in [-0.1, -0.05) is 60.1 Å². The van der Waals surface area contributed by atoms with Gasteiger partial charge in [-0.2, -0.15) is 4.31 Å². The van der Waals surface area contributed by atoms with Crippen molar-refractivity contribution in [2.24, 2.45) is 0 Å². The minimum absolute atomic E-state index is 0.139. The monoisotopic (exact) mass is 495 g/mol. The molecule has 0 aliphatic carbocycles. The summed E-state index contributed by atoms with van der Waals surface area (Å²) in [7, 11) is -3.84. The van der Waals surface area contributed by atoms with Crippen LogP contribution >= 0.6 is 11.6 Å². The number of nitrogens with zero attached hydrogens (tertiary/aromatic N) is 3. The maximum absolute atomic E-state index is 13.7. The maximum Gasteiger partial charge on any atom is 0.244 e. The van der Waals surface area contributed by atoms with Gasteiger partial charge < -0.3 is 9.80 Å². The third-order valence-corrected chi connectivity index (χ3v) is 8.71. The molecule has 2 aliphatic rings. The van der Waals surface area contributed by atoms with Gasteiger partial charge in [-0.15, -0.1) is 0 Å². The van der Waals surface area contributed by atoms with Gasteiger partial charge in [0.1, 0.15) is 6.04 Å². The van der Waals surface area contributed by atoms with Crippen molar-refractivity contribution in [1.82, 2.24) is 9.21 Å². The summed E-state index contributed by atoms with van der Waals surface area (Å²) in [4.78, 5) is 17.9. The quantitative estimate of drug-likeness (QED) is 0.552. The van der Waals surface area contributed by atoms with Crippen LogP contribution in [0.25, 0.3) is 0 Å². The maximum atomic E-state index is 13.7. The van der Waals surface area contributed by atoms with E-state index in [2.05, 4.69) is 4.90 Å². The number of fused-ring (bicyclic) bond motifs is 1. The third-order valence-electron chi connectivity index (χ3n) is 6.61. The molecular weight excluding hydrogens is 470 g/mol. The highest BCUT2D eigenvalue weighted by molar-refractivity contribution is 7.89. The molecule has 2 aliphatic heterocycles. The van der Waals surface area contributed by atoms with Gasteiger partial charge in [0.25, 0.3) is 0 Å². The van der Waals surface area contributed by atoms with Gasteiger partial charge in [-0.25, -0.2) is 8.42 Å². The van der Waals surface area contributed by atoms with Crippen molar-refractivity contribution in [3.8, 4) is 0 Å². The molecular formula is C26H26ClN3O3S. The minimum atomic E-state index is -3.84. The minimum Gasteiger partial charge on any atom is -0.368 e. The highest BCUT2D eigenvalue weighted by Gasteiger charge is 2.41. The molecule has 6 nitrogen and oxygen atoms in total. The van der Waals surface area contributed by atoms with Crippen LogP contribution in [0.2, 0.25) is 5.02 Å². The highest BCUT2D eigenvalue weighted by atomic mass is 35.5. The van der Waals surface area contributed by atoms with E-state index in [9.17, 15) is 13.2 Å². The normalized spacial score (nSPS) is 19.0. The predicted octanol–water partition coefficient (Wildman–Crippen LogP) is 3.80. The second-order valence-electron chi connectivity index (χ2n) is 8.64. The van der Waals surface area contributed by atoms with Gasteiger partial charge in [0.05, 0.1) is 4.90 Å². The summed E-state index contributed by atoms with van der Waals surface area (Å²) in [6, 6.07) is 23.1. The van der Waals surface area contributed by atoms with Crippen LogP contribution in [-0.2, 0) is 27.8 Å². The molecule has 2 heterocycles. The molecule has 3 aromatic rings. The van der Waals surface area contributed by atoms with Crippen molar-refractivity contribution in [2.45, 2.75) is 23.9 Å². The average Bonchev–Trinajstić information content (AvgIpc) is 2.88. The van der Waals surface area contributed by atoms with Crippen molar-refractivity contribution in [2.75, 3.05) is 31.1 Å². The van der Waals surface area contributed by atoms with Crippen LogP contribution in [0.15, 0.2) is 83.8 Å². The van der Waals surface area contributed by atoms with Crippen LogP contribution in [0.1, 0.15) is 11.1 Å². The number of piperazine rings is 1. The largest absolute Gasteiger partial charge is 0.368 e. The van der Waals surface area contributed by atoms with Gasteiger partial charge in [0.2, 0.25) is 15.9 Å². The van der Waals surface area contributed by atoms with Crippen LogP contribution in [-0.4, -0.2) is 55.8 Å². The Hall–Kier alpha value is -2.87. The second-order valence-corrected chi connectivity index (χ2v) is 11.0. The molecule has 3 aromatic carbocycles. The van der Waals surface area contributed by atoms with Crippen LogP contribution in [0.3, 0.4) is 0 Å². The van der Waals surface area contributed by atoms with E-state index in [1.165, 1.54) is 4.31 Å². The summed E-state index contributed by atoms with van der Waals surface area (Å²) in [6.45, 7) is 2.58. The van der Waals surface area contributed by atoms with Crippen molar-refractivity contribution in [3.05, 3.63) is 95.0 Å². The van der Waals surface area contributed by atoms with Crippen LogP contribution in [0.5, 0.6) is 0 Å².